The van der Waals surface area contributed by atoms with E-state index in [-0.39, 0.29) is 31.1 Å². The molecular weight excluding hydrogens is 925 g/mol. The lowest BCUT2D eigenvalue weighted by atomic mass is 10.1. The van der Waals surface area contributed by atoms with Crippen molar-refractivity contribution < 1.29 is 28.6 Å². The zero-order valence-corrected chi connectivity index (χ0v) is 49.0. The van der Waals surface area contributed by atoms with Crippen molar-refractivity contribution in [3.05, 3.63) is 109 Å². The smallest absolute Gasteiger partial charge is 0.306 e. The minimum atomic E-state index is -0.794. The van der Waals surface area contributed by atoms with Gasteiger partial charge in [-0.1, -0.05) is 259 Å². The Kier molecular flexibility index (Phi) is 59.3. The molecule has 0 aromatic rings. The number of carbonyl (C=O) groups is 3. The predicted molar refractivity (Wildman–Crippen MR) is 325 cm³/mol. The molecule has 0 spiro atoms. The highest BCUT2D eigenvalue weighted by Gasteiger charge is 2.19. The van der Waals surface area contributed by atoms with Gasteiger partial charge in [0.05, 0.1) is 0 Å². The molecule has 0 saturated carbocycles. The maximum Gasteiger partial charge on any atom is 0.306 e. The van der Waals surface area contributed by atoms with Crippen molar-refractivity contribution in [3.8, 4) is 0 Å². The highest BCUT2D eigenvalue weighted by Crippen LogP contribution is 2.15. The number of rotatable bonds is 56. The van der Waals surface area contributed by atoms with Gasteiger partial charge in [0.15, 0.2) is 6.10 Å². The molecule has 6 heteroatoms. The fourth-order valence-electron chi connectivity index (χ4n) is 8.52. The van der Waals surface area contributed by atoms with E-state index in [0.29, 0.717) is 19.3 Å². The molecule has 0 fully saturated rings. The van der Waals surface area contributed by atoms with E-state index in [1.807, 2.05) is 0 Å². The van der Waals surface area contributed by atoms with Crippen LogP contribution in [0.25, 0.3) is 0 Å². The largest absolute Gasteiger partial charge is 0.462 e. The molecule has 0 aromatic heterocycles. The van der Waals surface area contributed by atoms with Gasteiger partial charge in [0.2, 0.25) is 0 Å². The summed E-state index contributed by atoms with van der Waals surface area (Å²) >= 11 is 0. The SMILES string of the molecule is CC/C=C\C/C=C\C/C=C\C/C=C\C/C=C\C/C=C\CCCCCCCCCCC(=O)OCC(COC(=O)CCCCCCC/C=C\C/C=C\CCCC)OC(=O)CCCCCCC/C=C\CCCCCCCCC. The van der Waals surface area contributed by atoms with Gasteiger partial charge in [0, 0.05) is 19.3 Å². The number of unbranched alkanes of at least 4 members (excludes halogenated alkanes) is 27. The van der Waals surface area contributed by atoms with Gasteiger partial charge in [0.1, 0.15) is 13.2 Å². The van der Waals surface area contributed by atoms with E-state index >= 15 is 0 Å². The molecule has 0 saturated heterocycles. The van der Waals surface area contributed by atoms with Gasteiger partial charge in [0.25, 0.3) is 0 Å². The quantitative estimate of drug-likeness (QED) is 0.0261. The molecule has 6 nitrogen and oxygen atoms in total. The van der Waals surface area contributed by atoms with Crippen molar-refractivity contribution in [2.24, 2.45) is 0 Å². The third kappa shape index (κ3) is 60.8. The second-order valence-electron chi connectivity index (χ2n) is 20.6. The van der Waals surface area contributed by atoms with E-state index in [4.69, 9.17) is 14.2 Å². The van der Waals surface area contributed by atoms with Crippen LogP contribution >= 0.6 is 0 Å². The molecule has 0 N–H and O–H groups in total. The molecule has 0 amide bonds. The Bertz CT molecular complexity index is 1520. The van der Waals surface area contributed by atoms with Crippen molar-refractivity contribution in [2.45, 2.75) is 297 Å². The minimum Gasteiger partial charge on any atom is -0.462 e. The number of ether oxygens (including phenoxy) is 3. The van der Waals surface area contributed by atoms with E-state index in [0.717, 1.165) is 141 Å². The van der Waals surface area contributed by atoms with Crippen LogP contribution in [0, 0.1) is 0 Å². The first kappa shape index (κ1) is 71.1. The highest BCUT2D eigenvalue weighted by molar-refractivity contribution is 5.71. The van der Waals surface area contributed by atoms with Crippen LogP contribution in [0.5, 0.6) is 0 Å². The van der Waals surface area contributed by atoms with Crippen LogP contribution in [0.15, 0.2) is 109 Å². The average molecular weight is 1040 g/mol. The zero-order valence-electron chi connectivity index (χ0n) is 49.0. The normalized spacial score (nSPS) is 12.8. The Morgan fingerprint density at radius 2 is 0.533 bits per heavy atom. The van der Waals surface area contributed by atoms with Crippen LogP contribution in [-0.2, 0) is 28.6 Å². The van der Waals surface area contributed by atoms with Crippen LogP contribution in [0.4, 0.5) is 0 Å². The summed E-state index contributed by atoms with van der Waals surface area (Å²) in [5.74, 6) is -0.915. The number of allylic oxidation sites excluding steroid dienone is 18. The topological polar surface area (TPSA) is 78.9 Å². The summed E-state index contributed by atoms with van der Waals surface area (Å²) in [5.41, 5.74) is 0. The molecule has 0 aliphatic heterocycles. The lowest BCUT2D eigenvalue weighted by molar-refractivity contribution is -0.167. The van der Waals surface area contributed by atoms with Gasteiger partial charge in [-0.3, -0.25) is 14.4 Å². The molecule has 0 aliphatic carbocycles. The van der Waals surface area contributed by atoms with Gasteiger partial charge in [-0.15, -0.1) is 0 Å². The zero-order chi connectivity index (χ0) is 54.3. The van der Waals surface area contributed by atoms with Crippen LogP contribution < -0.4 is 0 Å². The molecule has 0 aromatic carbocycles. The van der Waals surface area contributed by atoms with Crippen LogP contribution in [0.2, 0.25) is 0 Å². The molecule has 0 bridgehead atoms. The summed E-state index contributed by atoms with van der Waals surface area (Å²) in [6, 6.07) is 0. The molecule has 1 unspecified atom stereocenters. The fourth-order valence-corrected chi connectivity index (χ4v) is 8.52. The molecule has 0 rings (SSSR count). The highest BCUT2D eigenvalue weighted by atomic mass is 16.6. The molecule has 0 aliphatic rings. The standard InChI is InChI=1S/C69H116O6/c1-4-7-10-13-16-19-22-25-28-30-31-32-33-34-35-36-37-38-39-40-42-44-47-50-53-56-59-62-68(71)74-65-66(64-73-67(70)61-58-55-52-49-46-43-27-24-21-18-15-12-9-6-3)75-69(72)63-60-57-54-51-48-45-41-29-26-23-20-17-14-11-8-5-2/h7,10,15-16,18-19,24-25,27-29,31-32,34-35,37-38,41,66H,4-6,8-9,11-14,17,20-23,26,30,33,36,39-40,42-65H2,1-3H3/b10-7-,18-15-,19-16-,27-24-,28-25-,32-31-,35-34-,38-37-,41-29-. The molecule has 0 radical (unpaired) electrons. The first-order valence-electron chi connectivity index (χ1n) is 31.4. The van der Waals surface area contributed by atoms with Crippen molar-refractivity contribution in [1.29, 1.82) is 0 Å². The van der Waals surface area contributed by atoms with Crippen molar-refractivity contribution in [1.82, 2.24) is 0 Å². The predicted octanol–water partition coefficient (Wildman–Crippen LogP) is 21.4. The first-order chi connectivity index (χ1) is 37.0. The number of carbonyl (C=O) groups excluding carboxylic acids is 3. The molecule has 1 atom stereocenters. The first-order valence-corrected chi connectivity index (χ1v) is 31.4. The van der Waals surface area contributed by atoms with E-state index in [1.54, 1.807) is 0 Å². The summed E-state index contributed by atoms with van der Waals surface area (Å²) in [7, 11) is 0. The lowest BCUT2D eigenvalue weighted by Gasteiger charge is -2.18. The Labute approximate surface area is 463 Å². The molecular formula is C69H116O6. The summed E-state index contributed by atoms with van der Waals surface area (Å²) < 4.78 is 16.9. The van der Waals surface area contributed by atoms with Gasteiger partial charge in [-0.25, -0.2) is 0 Å². The summed E-state index contributed by atoms with van der Waals surface area (Å²) in [4.78, 5) is 38.3. The maximum absolute atomic E-state index is 12.9. The molecule has 428 valence electrons. The lowest BCUT2D eigenvalue weighted by Crippen LogP contribution is -2.30. The van der Waals surface area contributed by atoms with Gasteiger partial charge < -0.3 is 14.2 Å². The van der Waals surface area contributed by atoms with Crippen molar-refractivity contribution in [3.63, 3.8) is 0 Å². The fraction of sp³-hybridized carbons (Fsp3) is 0.696. The third-order valence-corrected chi connectivity index (χ3v) is 13.2. The monoisotopic (exact) mass is 1040 g/mol. The molecule has 0 heterocycles. The number of hydrogen-bond acceptors (Lipinski definition) is 6. The second kappa shape index (κ2) is 62.6. The van der Waals surface area contributed by atoms with Gasteiger partial charge in [-0.05, 0) is 122 Å². The van der Waals surface area contributed by atoms with E-state index < -0.39 is 6.10 Å². The molecule has 75 heavy (non-hydrogen) atoms. The maximum atomic E-state index is 12.9. The minimum absolute atomic E-state index is 0.0908. The Balaban J connectivity index is 4.36. The summed E-state index contributed by atoms with van der Waals surface area (Å²) in [5, 5.41) is 0. The van der Waals surface area contributed by atoms with Crippen LogP contribution in [-0.4, -0.2) is 37.2 Å². The van der Waals surface area contributed by atoms with Crippen LogP contribution in [0.3, 0.4) is 0 Å². The van der Waals surface area contributed by atoms with E-state index in [2.05, 4.69) is 130 Å². The average Bonchev–Trinajstić information content (AvgIpc) is 3.41. The Morgan fingerprint density at radius 3 is 0.867 bits per heavy atom. The third-order valence-electron chi connectivity index (χ3n) is 13.2. The van der Waals surface area contributed by atoms with Crippen molar-refractivity contribution in [2.75, 3.05) is 13.2 Å². The summed E-state index contributed by atoms with van der Waals surface area (Å²) in [6.45, 7) is 6.47. The van der Waals surface area contributed by atoms with E-state index in [1.165, 1.54) is 109 Å². The number of esters is 3. The van der Waals surface area contributed by atoms with Crippen molar-refractivity contribution >= 4 is 17.9 Å². The van der Waals surface area contributed by atoms with Gasteiger partial charge in [-0.2, -0.15) is 0 Å². The van der Waals surface area contributed by atoms with Crippen LogP contribution in [0.1, 0.15) is 290 Å². The van der Waals surface area contributed by atoms with Gasteiger partial charge >= 0.3 is 17.9 Å². The Morgan fingerprint density at radius 1 is 0.280 bits per heavy atom. The Hall–Kier alpha value is -3.93. The summed E-state index contributed by atoms with van der Waals surface area (Å²) in [6.07, 6.45) is 85.1. The number of hydrogen-bond donors (Lipinski definition) is 0. The second-order valence-corrected chi connectivity index (χ2v) is 20.6. The van der Waals surface area contributed by atoms with E-state index in [9.17, 15) is 14.4 Å².